The van der Waals surface area contributed by atoms with Gasteiger partial charge in [-0.25, -0.2) is 0 Å². The van der Waals surface area contributed by atoms with Crippen molar-refractivity contribution < 1.29 is 4.79 Å². The van der Waals surface area contributed by atoms with E-state index >= 15 is 0 Å². The molecule has 0 saturated heterocycles. The second-order valence-electron chi connectivity index (χ2n) is 5.30. The van der Waals surface area contributed by atoms with Gasteiger partial charge < -0.3 is 4.90 Å². The Bertz CT molecular complexity index is 374. The predicted molar refractivity (Wildman–Crippen MR) is 69.4 cm³/mol. The molecule has 1 aliphatic carbocycles. The molecule has 1 unspecified atom stereocenters. The van der Waals surface area contributed by atoms with Gasteiger partial charge in [-0.3, -0.25) is 4.79 Å². The molecule has 17 heavy (non-hydrogen) atoms. The minimum absolute atomic E-state index is 0.263. The van der Waals surface area contributed by atoms with Crippen LogP contribution < -0.4 is 0 Å². The summed E-state index contributed by atoms with van der Waals surface area (Å²) in [5, 5.41) is 0. The summed E-state index contributed by atoms with van der Waals surface area (Å²) in [6.45, 7) is 2.97. The van der Waals surface area contributed by atoms with Crippen LogP contribution in [-0.4, -0.2) is 17.9 Å². The summed E-state index contributed by atoms with van der Waals surface area (Å²) in [6.07, 6.45) is 3.34. The van der Waals surface area contributed by atoms with E-state index in [1.807, 2.05) is 30.1 Å². The molecule has 1 amide bonds. The normalized spacial score (nSPS) is 23.6. The number of benzene rings is 1. The maximum atomic E-state index is 12.2. The van der Waals surface area contributed by atoms with Crippen molar-refractivity contribution in [2.75, 3.05) is 7.05 Å². The number of hydrogen-bond donors (Lipinski definition) is 0. The second-order valence-corrected chi connectivity index (χ2v) is 5.30. The van der Waals surface area contributed by atoms with Crippen molar-refractivity contribution in [1.82, 2.24) is 4.90 Å². The molecular weight excluding hydrogens is 210 g/mol. The lowest BCUT2D eigenvalue weighted by molar-refractivity contribution is -0.134. The van der Waals surface area contributed by atoms with Crippen molar-refractivity contribution in [3.05, 3.63) is 35.9 Å². The van der Waals surface area contributed by atoms with E-state index in [-0.39, 0.29) is 5.92 Å². The molecule has 1 aromatic carbocycles. The third-order valence-corrected chi connectivity index (χ3v) is 3.68. The van der Waals surface area contributed by atoms with Crippen LogP contribution in [0.3, 0.4) is 0 Å². The number of nitrogens with zero attached hydrogens (tertiary/aromatic N) is 1. The van der Waals surface area contributed by atoms with Gasteiger partial charge in [-0.05, 0) is 30.7 Å². The highest BCUT2D eigenvalue weighted by Crippen LogP contribution is 2.31. The summed E-state index contributed by atoms with van der Waals surface area (Å²) in [4.78, 5) is 14.1. The van der Waals surface area contributed by atoms with Gasteiger partial charge in [-0.2, -0.15) is 0 Å². The van der Waals surface area contributed by atoms with Crippen LogP contribution >= 0.6 is 0 Å². The summed E-state index contributed by atoms with van der Waals surface area (Å²) in [7, 11) is 1.92. The fourth-order valence-corrected chi connectivity index (χ4v) is 2.68. The molecule has 0 radical (unpaired) electrons. The van der Waals surface area contributed by atoms with Gasteiger partial charge in [0.05, 0.1) is 0 Å². The fourth-order valence-electron chi connectivity index (χ4n) is 2.68. The van der Waals surface area contributed by atoms with E-state index in [0.717, 1.165) is 19.4 Å². The van der Waals surface area contributed by atoms with Crippen LogP contribution in [-0.2, 0) is 11.3 Å². The van der Waals surface area contributed by atoms with Crippen molar-refractivity contribution in [1.29, 1.82) is 0 Å². The lowest BCUT2D eigenvalue weighted by atomic mass is 10.0. The van der Waals surface area contributed by atoms with E-state index in [1.54, 1.807) is 0 Å². The lowest BCUT2D eigenvalue weighted by Crippen LogP contribution is -2.31. The third kappa shape index (κ3) is 3.09. The monoisotopic (exact) mass is 231 g/mol. The second kappa shape index (κ2) is 5.35. The topological polar surface area (TPSA) is 20.3 Å². The van der Waals surface area contributed by atoms with Crippen molar-refractivity contribution in [3.63, 3.8) is 0 Å². The van der Waals surface area contributed by atoms with Crippen LogP contribution in [0.15, 0.2) is 30.3 Å². The Morgan fingerprint density at radius 3 is 2.59 bits per heavy atom. The molecule has 0 aliphatic heterocycles. The molecule has 1 fully saturated rings. The zero-order chi connectivity index (χ0) is 12.3. The van der Waals surface area contributed by atoms with Gasteiger partial charge in [0.1, 0.15) is 0 Å². The van der Waals surface area contributed by atoms with Gasteiger partial charge in [0.15, 0.2) is 0 Å². The minimum Gasteiger partial charge on any atom is -0.341 e. The van der Waals surface area contributed by atoms with Gasteiger partial charge in [0, 0.05) is 19.5 Å². The van der Waals surface area contributed by atoms with Crippen molar-refractivity contribution >= 4 is 5.91 Å². The molecule has 2 nitrogen and oxygen atoms in total. The largest absolute Gasteiger partial charge is 0.341 e. The van der Waals surface area contributed by atoms with Gasteiger partial charge >= 0.3 is 0 Å². The smallest absolute Gasteiger partial charge is 0.225 e. The summed E-state index contributed by atoms with van der Waals surface area (Å²) >= 11 is 0. The summed E-state index contributed by atoms with van der Waals surface area (Å²) in [6, 6.07) is 10.2. The average Bonchev–Trinajstić information content (AvgIpc) is 2.76. The van der Waals surface area contributed by atoms with Crippen LogP contribution in [0.25, 0.3) is 0 Å². The van der Waals surface area contributed by atoms with E-state index in [9.17, 15) is 4.79 Å². The molecule has 2 rings (SSSR count). The zero-order valence-electron chi connectivity index (χ0n) is 10.7. The molecule has 2 atom stereocenters. The first-order chi connectivity index (χ1) is 8.16. The Labute approximate surface area is 104 Å². The van der Waals surface area contributed by atoms with E-state index in [4.69, 9.17) is 0 Å². The Morgan fingerprint density at radius 2 is 2.00 bits per heavy atom. The Morgan fingerprint density at radius 1 is 1.29 bits per heavy atom. The van der Waals surface area contributed by atoms with Crippen LogP contribution in [0.2, 0.25) is 0 Å². The first-order valence-corrected chi connectivity index (χ1v) is 6.45. The van der Waals surface area contributed by atoms with Crippen molar-refractivity contribution in [2.45, 2.75) is 32.7 Å². The van der Waals surface area contributed by atoms with Crippen LogP contribution in [0, 0.1) is 11.8 Å². The van der Waals surface area contributed by atoms with Gasteiger partial charge in [0.2, 0.25) is 5.91 Å². The van der Waals surface area contributed by atoms with E-state index in [2.05, 4.69) is 19.1 Å². The van der Waals surface area contributed by atoms with Gasteiger partial charge in [0.25, 0.3) is 0 Å². The number of hydrogen-bond acceptors (Lipinski definition) is 1. The minimum atomic E-state index is 0.263. The SMILES string of the molecule is C[C@H]1CCC(C(=O)N(C)Cc2ccccc2)C1. The van der Waals surface area contributed by atoms with Crippen LogP contribution in [0.1, 0.15) is 31.7 Å². The molecule has 0 heterocycles. The fraction of sp³-hybridized carbons (Fsp3) is 0.533. The maximum absolute atomic E-state index is 12.2. The Balaban J connectivity index is 1.92. The number of carbonyl (C=O) groups is 1. The van der Waals surface area contributed by atoms with Crippen molar-refractivity contribution in [2.24, 2.45) is 11.8 Å². The zero-order valence-corrected chi connectivity index (χ0v) is 10.7. The van der Waals surface area contributed by atoms with Gasteiger partial charge in [-0.15, -0.1) is 0 Å². The average molecular weight is 231 g/mol. The van der Waals surface area contributed by atoms with E-state index < -0.39 is 0 Å². The molecule has 1 aliphatic rings. The van der Waals surface area contributed by atoms with E-state index in [0.29, 0.717) is 11.8 Å². The first-order valence-electron chi connectivity index (χ1n) is 6.45. The Hall–Kier alpha value is -1.31. The molecule has 1 aromatic rings. The van der Waals surface area contributed by atoms with Crippen molar-refractivity contribution in [3.8, 4) is 0 Å². The highest BCUT2D eigenvalue weighted by Gasteiger charge is 2.29. The van der Waals surface area contributed by atoms with Crippen LogP contribution in [0.4, 0.5) is 0 Å². The molecule has 0 bridgehead atoms. The highest BCUT2D eigenvalue weighted by molar-refractivity contribution is 5.78. The summed E-state index contributed by atoms with van der Waals surface area (Å²) < 4.78 is 0. The quantitative estimate of drug-likeness (QED) is 0.783. The molecule has 0 spiro atoms. The van der Waals surface area contributed by atoms with Crippen LogP contribution in [0.5, 0.6) is 0 Å². The number of carbonyl (C=O) groups excluding carboxylic acids is 1. The van der Waals surface area contributed by atoms with Gasteiger partial charge in [-0.1, -0.05) is 37.3 Å². The standard InChI is InChI=1S/C15H21NO/c1-12-8-9-14(10-12)15(17)16(2)11-13-6-4-3-5-7-13/h3-7,12,14H,8-11H2,1-2H3/t12-,14?/m0/s1. The molecule has 2 heteroatoms. The first kappa shape index (κ1) is 12.2. The molecule has 0 N–H and O–H groups in total. The Kier molecular flexibility index (Phi) is 3.82. The lowest BCUT2D eigenvalue weighted by Gasteiger charge is -2.21. The molecule has 1 saturated carbocycles. The predicted octanol–water partition coefficient (Wildman–Crippen LogP) is 3.08. The molecular formula is C15H21NO. The summed E-state index contributed by atoms with van der Waals surface area (Å²) in [5.41, 5.74) is 1.20. The number of rotatable bonds is 3. The molecule has 0 aromatic heterocycles. The van der Waals surface area contributed by atoms with E-state index in [1.165, 1.54) is 12.0 Å². The highest BCUT2D eigenvalue weighted by atomic mass is 16.2. The molecule has 92 valence electrons. The number of amides is 1. The summed E-state index contributed by atoms with van der Waals surface area (Å²) in [5.74, 6) is 1.30. The maximum Gasteiger partial charge on any atom is 0.225 e. The third-order valence-electron chi connectivity index (χ3n) is 3.68.